The molecule has 2 rings (SSSR count). The first kappa shape index (κ1) is 9.67. The van der Waals surface area contributed by atoms with Gasteiger partial charge in [-0.25, -0.2) is 14.4 Å². The number of hydrogen-bond acceptors (Lipinski definition) is 4. The summed E-state index contributed by atoms with van der Waals surface area (Å²) in [6.45, 7) is 1.59. The Morgan fingerprint density at radius 1 is 1.50 bits per heavy atom. The van der Waals surface area contributed by atoms with E-state index in [0.717, 1.165) is 25.4 Å². The van der Waals surface area contributed by atoms with Crippen LogP contribution in [0.15, 0.2) is 17.6 Å². The van der Waals surface area contributed by atoms with Crippen LogP contribution < -0.4 is 5.32 Å². The van der Waals surface area contributed by atoms with Gasteiger partial charge in [-0.2, -0.15) is 0 Å². The maximum Gasteiger partial charge on any atom is 0.218 e. The second-order valence-electron chi connectivity index (χ2n) is 3.10. The normalized spacial score (nSPS) is 23.6. The molecule has 0 saturated carbocycles. The van der Waals surface area contributed by atoms with Gasteiger partial charge in [-0.3, -0.25) is 4.21 Å². The van der Waals surface area contributed by atoms with Crippen LogP contribution in [0.3, 0.4) is 0 Å². The summed E-state index contributed by atoms with van der Waals surface area (Å²) in [5, 5.41) is 3.39. The zero-order valence-corrected chi connectivity index (χ0v) is 8.26. The SMILES string of the molecule is O=S(c1ncc(F)cn1)C1CCNC1. The van der Waals surface area contributed by atoms with Gasteiger partial charge in [0.2, 0.25) is 5.16 Å². The first-order valence-corrected chi connectivity index (χ1v) is 5.57. The summed E-state index contributed by atoms with van der Waals surface area (Å²) in [6.07, 6.45) is 2.94. The lowest BCUT2D eigenvalue weighted by atomic mass is 10.4. The van der Waals surface area contributed by atoms with E-state index >= 15 is 0 Å². The third kappa shape index (κ3) is 1.96. The van der Waals surface area contributed by atoms with E-state index in [2.05, 4.69) is 15.3 Å². The molecule has 76 valence electrons. The van der Waals surface area contributed by atoms with Crippen molar-refractivity contribution in [2.45, 2.75) is 16.8 Å². The van der Waals surface area contributed by atoms with Crippen LogP contribution in [-0.2, 0) is 10.8 Å². The highest BCUT2D eigenvalue weighted by molar-refractivity contribution is 7.85. The Bertz CT molecular complexity index is 337. The van der Waals surface area contributed by atoms with Gasteiger partial charge in [0.1, 0.15) is 0 Å². The summed E-state index contributed by atoms with van der Waals surface area (Å²) in [4.78, 5) is 7.42. The highest BCUT2D eigenvalue weighted by atomic mass is 32.2. The summed E-state index contributed by atoms with van der Waals surface area (Å²) >= 11 is 0. The van der Waals surface area contributed by atoms with E-state index in [0.29, 0.717) is 6.54 Å². The van der Waals surface area contributed by atoms with Gasteiger partial charge in [0.15, 0.2) is 5.82 Å². The van der Waals surface area contributed by atoms with E-state index in [1.165, 1.54) is 0 Å². The Kier molecular flexibility index (Phi) is 2.83. The minimum atomic E-state index is -1.22. The maximum atomic E-state index is 12.5. The molecule has 2 atom stereocenters. The topological polar surface area (TPSA) is 54.9 Å². The molecule has 2 heterocycles. The van der Waals surface area contributed by atoms with E-state index < -0.39 is 16.6 Å². The van der Waals surface area contributed by atoms with E-state index in [1.807, 2.05) is 0 Å². The summed E-state index contributed by atoms with van der Waals surface area (Å²) in [7, 11) is -1.22. The molecule has 2 unspecified atom stereocenters. The first-order chi connectivity index (χ1) is 6.77. The number of halogens is 1. The maximum absolute atomic E-state index is 12.5. The Labute approximate surface area is 83.4 Å². The minimum absolute atomic E-state index is 0.0560. The predicted molar refractivity (Wildman–Crippen MR) is 49.7 cm³/mol. The van der Waals surface area contributed by atoms with E-state index in [-0.39, 0.29) is 10.4 Å². The molecule has 1 N–H and O–H groups in total. The molecule has 0 aliphatic carbocycles. The Balaban J connectivity index is 2.14. The molecule has 1 aliphatic heterocycles. The molecule has 14 heavy (non-hydrogen) atoms. The molecule has 0 bridgehead atoms. The van der Waals surface area contributed by atoms with Crippen molar-refractivity contribution in [3.63, 3.8) is 0 Å². The van der Waals surface area contributed by atoms with Crippen molar-refractivity contribution in [3.8, 4) is 0 Å². The fourth-order valence-corrected chi connectivity index (χ4v) is 2.58. The average molecular weight is 215 g/mol. The van der Waals surface area contributed by atoms with Gasteiger partial charge in [0, 0.05) is 6.54 Å². The fourth-order valence-electron chi connectivity index (χ4n) is 1.36. The van der Waals surface area contributed by atoms with Gasteiger partial charge >= 0.3 is 0 Å². The van der Waals surface area contributed by atoms with Crippen LogP contribution >= 0.6 is 0 Å². The molecule has 6 heteroatoms. The molecule has 1 aromatic rings. The zero-order valence-electron chi connectivity index (χ0n) is 7.44. The highest BCUT2D eigenvalue weighted by Crippen LogP contribution is 2.11. The molecule has 0 radical (unpaired) electrons. The second kappa shape index (κ2) is 4.10. The van der Waals surface area contributed by atoms with Crippen LogP contribution in [0, 0.1) is 5.82 Å². The Morgan fingerprint density at radius 3 is 2.79 bits per heavy atom. The lowest BCUT2D eigenvalue weighted by Gasteiger charge is -2.05. The van der Waals surface area contributed by atoms with Crippen LogP contribution in [0.2, 0.25) is 0 Å². The fraction of sp³-hybridized carbons (Fsp3) is 0.500. The molecule has 1 fully saturated rings. The minimum Gasteiger partial charge on any atom is -0.315 e. The number of aromatic nitrogens is 2. The van der Waals surface area contributed by atoms with Crippen LogP contribution in [0.1, 0.15) is 6.42 Å². The van der Waals surface area contributed by atoms with Gasteiger partial charge in [0.25, 0.3) is 0 Å². The van der Waals surface area contributed by atoms with Crippen molar-refractivity contribution < 1.29 is 8.60 Å². The quantitative estimate of drug-likeness (QED) is 0.710. The molecule has 4 nitrogen and oxygen atoms in total. The van der Waals surface area contributed by atoms with E-state index in [9.17, 15) is 8.60 Å². The molecule has 0 spiro atoms. The number of nitrogens with zero attached hydrogens (tertiary/aromatic N) is 2. The van der Waals surface area contributed by atoms with Gasteiger partial charge in [-0.1, -0.05) is 0 Å². The summed E-state index contributed by atoms with van der Waals surface area (Å²) in [5.41, 5.74) is 0. The molecule has 1 aromatic heterocycles. The van der Waals surface area contributed by atoms with Gasteiger partial charge in [-0.15, -0.1) is 0 Å². The molecule has 1 saturated heterocycles. The van der Waals surface area contributed by atoms with Crippen molar-refractivity contribution in [3.05, 3.63) is 18.2 Å². The Morgan fingerprint density at radius 2 is 2.21 bits per heavy atom. The Hall–Kier alpha value is -0.880. The predicted octanol–water partition coefficient (Wildman–Crippen LogP) is 0.0852. The smallest absolute Gasteiger partial charge is 0.218 e. The molecule has 0 amide bonds. The van der Waals surface area contributed by atoms with E-state index in [1.54, 1.807) is 0 Å². The number of nitrogens with one attached hydrogen (secondary N) is 1. The van der Waals surface area contributed by atoms with E-state index in [4.69, 9.17) is 0 Å². The molecular weight excluding hydrogens is 205 g/mol. The van der Waals surface area contributed by atoms with Crippen molar-refractivity contribution in [1.82, 2.24) is 15.3 Å². The summed E-state index contributed by atoms with van der Waals surface area (Å²) < 4.78 is 24.3. The summed E-state index contributed by atoms with van der Waals surface area (Å²) in [5.74, 6) is -0.504. The number of rotatable bonds is 2. The van der Waals surface area contributed by atoms with Gasteiger partial charge in [-0.05, 0) is 13.0 Å². The second-order valence-corrected chi connectivity index (χ2v) is 4.72. The standard InChI is InChI=1S/C8H10FN3OS/c9-6-3-11-8(12-4-6)14(13)7-1-2-10-5-7/h3-4,7,10H,1-2,5H2. The van der Waals surface area contributed by atoms with Crippen molar-refractivity contribution in [1.29, 1.82) is 0 Å². The van der Waals surface area contributed by atoms with Crippen LogP contribution in [0.25, 0.3) is 0 Å². The summed E-state index contributed by atoms with van der Waals surface area (Å²) in [6, 6.07) is 0. The monoisotopic (exact) mass is 215 g/mol. The zero-order chi connectivity index (χ0) is 9.97. The number of hydrogen-bond donors (Lipinski definition) is 1. The largest absolute Gasteiger partial charge is 0.315 e. The van der Waals surface area contributed by atoms with Gasteiger partial charge < -0.3 is 5.32 Å². The van der Waals surface area contributed by atoms with Crippen molar-refractivity contribution in [2.75, 3.05) is 13.1 Å². The molecule has 0 aromatic carbocycles. The lowest BCUT2D eigenvalue weighted by Crippen LogP contribution is -2.20. The van der Waals surface area contributed by atoms with Crippen LogP contribution in [0.5, 0.6) is 0 Å². The van der Waals surface area contributed by atoms with Crippen LogP contribution in [0.4, 0.5) is 4.39 Å². The molecular formula is C8H10FN3OS. The van der Waals surface area contributed by atoms with Crippen molar-refractivity contribution >= 4 is 10.8 Å². The third-order valence-corrected chi connectivity index (χ3v) is 3.67. The van der Waals surface area contributed by atoms with Crippen molar-refractivity contribution in [2.24, 2.45) is 0 Å². The molecule has 1 aliphatic rings. The lowest BCUT2D eigenvalue weighted by molar-refractivity contribution is 0.601. The first-order valence-electron chi connectivity index (χ1n) is 4.36. The van der Waals surface area contributed by atoms with Gasteiger partial charge in [0.05, 0.1) is 28.4 Å². The van der Waals surface area contributed by atoms with Crippen LogP contribution in [-0.4, -0.2) is 32.5 Å². The average Bonchev–Trinajstić information content (AvgIpc) is 2.71. The third-order valence-electron chi connectivity index (χ3n) is 2.09. The highest BCUT2D eigenvalue weighted by Gasteiger charge is 2.23.